The molecule has 0 spiro atoms. The van der Waals surface area contributed by atoms with Crippen LogP contribution in [0, 0.1) is 6.92 Å². The maximum atomic E-state index is 6.50. The molecule has 0 bridgehead atoms. The maximum Gasteiger partial charge on any atom is 0.127 e. The van der Waals surface area contributed by atoms with Gasteiger partial charge < -0.3 is 10.5 Å². The van der Waals surface area contributed by atoms with Gasteiger partial charge in [-0.25, -0.2) is 0 Å². The summed E-state index contributed by atoms with van der Waals surface area (Å²) in [5.41, 5.74) is 11.2. The zero-order chi connectivity index (χ0) is 14.1. The van der Waals surface area contributed by atoms with Gasteiger partial charge in [-0.1, -0.05) is 51.8 Å². The quantitative estimate of drug-likeness (QED) is 0.897. The molecule has 1 atom stereocenters. The minimum atomic E-state index is -0.169. The second-order valence-corrected chi connectivity index (χ2v) is 6.14. The zero-order valence-corrected chi connectivity index (χ0v) is 13.1. The van der Waals surface area contributed by atoms with Crippen molar-refractivity contribution in [3.05, 3.63) is 63.1 Å². The Morgan fingerprint density at radius 1 is 1.20 bits per heavy atom. The van der Waals surface area contributed by atoms with Gasteiger partial charge in [0.1, 0.15) is 5.75 Å². The van der Waals surface area contributed by atoms with Gasteiger partial charge in [-0.05, 0) is 37.0 Å². The molecular formula is C17H18BrNO. The summed E-state index contributed by atoms with van der Waals surface area (Å²) in [6, 6.07) is 12.4. The Balaban J connectivity index is 2.06. The Morgan fingerprint density at radius 2 is 2.05 bits per heavy atom. The summed E-state index contributed by atoms with van der Waals surface area (Å²) in [5, 5.41) is 0. The molecule has 2 aromatic rings. The van der Waals surface area contributed by atoms with E-state index in [1.165, 1.54) is 11.1 Å². The van der Waals surface area contributed by atoms with Crippen LogP contribution in [-0.2, 0) is 6.42 Å². The monoisotopic (exact) mass is 331 g/mol. The third-order valence-electron chi connectivity index (χ3n) is 3.79. The lowest BCUT2D eigenvalue weighted by Crippen LogP contribution is -2.17. The lowest BCUT2D eigenvalue weighted by atomic mass is 9.93. The van der Waals surface area contributed by atoms with Crippen molar-refractivity contribution < 1.29 is 4.74 Å². The lowest BCUT2D eigenvalue weighted by Gasteiger charge is -2.24. The molecule has 0 aliphatic carbocycles. The van der Waals surface area contributed by atoms with Crippen LogP contribution >= 0.6 is 15.9 Å². The molecule has 2 N–H and O–H groups in total. The molecule has 1 aliphatic rings. The number of ether oxygens (including phenoxy) is 1. The van der Waals surface area contributed by atoms with Gasteiger partial charge in [-0.3, -0.25) is 0 Å². The van der Waals surface area contributed by atoms with E-state index in [4.69, 9.17) is 10.5 Å². The number of nitrogens with two attached hydrogens (primary N) is 1. The Hall–Kier alpha value is -1.32. The molecule has 0 radical (unpaired) electrons. The van der Waals surface area contributed by atoms with Crippen LogP contribution in [0.4, 0.5) is 0 Å². The average molecular weight is 332 g/mol. The first-order chi connectivity index (χ1) is 9.66. The first-order valence-corrected chi connectivity index (χ1v) is 7.72. The molecule has 1 heterocycles. The summed E-state index contributed by atoms with van der Waals surface area (Å²) in [6.45, 7) is 2.87. The van der Waals surface area contributed by atoms with E-state index in [0.29, 0.717) is 0 Å². The Bertz CT molecular complexity index is 639. The third kappa shape index (κ3) is 2.48. The SMILES string of the molecule is Cc1ccc(Br)c(C(N)c2cccc3c2OCCC3)c1. The molecule has 0 amide bonds. The minimum Gasteiger partial charge on any atom is -0.493 e. The van der Waals surface area contributed by atoms with Crippen molar-refractivity contribution in [2.24, 2.45) is 5.73 Å². The predicted molar refractivity (Wildman–Crippen MR) is 85.2 cm³/mol. The highest BCUT2D eigenvalue weighted by Gasteiger charge is 2.21. The molecule has 1 aliphatic heterocycles. The fourth-order valence-electron chi connectivity index (χ4n) is 2.73. The molecule has 20 heavy (non-hydrogen) atoms. The van der Waals surface area contributed by atoms with E-state index >= 15 is 0 Å². The number of hydrogen-bond donors (Lipinski definition) is 1. The zero-order valence-electron chi connectivity index (χ0n) is 11.5. The summed E-state index contributed by atoms with van der Waals surface area (Å²) in [5.74, 6) is 0.986. The van der Waals surface area contributed by atoms with Crippen LogP contribution in [-0.4, -0.2) is 6.61 Å². The molecule has 0 saturated heterocycles. The van der Waals surface area contributed by atoms with Crippen LogP contribution in [0.3, 0.4) is 0 Å². The van der Waals surface area contributed by atoms with Gasteiger partial charge in [0, 0.05) is 10.0 Å². The van der Waals surface area contributed by atoms with E-state index in [9.17, 15) is 0 Å². The largest absolute Gasteiger partial charge is 0.493 e. The molecular weight excluding hydrogens is 314 g/mol. The number of rotatable bonds is 2. The van der Waals surface area contributed by atoms with E-state index in [1.807, 2.05) is 0 Å². The van der Waals surface area contributed by atoms with Crippen molar-refractivity contribution in [2.75, 3.05) is 6.61 Å². The van der Waals surface area contributed by atoms with E-state index in [2.05, 4.69) is 59.3 Å². The van der Waals surface area contributed by atoms with Crippen molar-refractivity contribution in [3.8, 4) is 5.75 Å². The summed E-state index contributed by atoms with van der Waals surface area (Å²) >= 11 is 3.60. The first kappa shape index (κ1) is 13.7. The van der Waals surface area contributed by atoms with Gasteiger partial charge >= 0.3 is 0 Å². The lowest BCUT2D eigenvalue weighted by molar-refractivity contribution is 0.284. The van der Waals surface area contributed by atoms with Crippen molar-refractivity contribution in [1.29, 1.82) is 0 Å². The number of para-hydroxylation sites is 1. The number of hydrogen-bond acceptors (Lipinski definition) is 2. The van der Waals surface area contributed by atoms with Gasteiger partial charge in [0.2, 0.25) is 0 Å². The molecule has 0 saturated carbocycles. The molecule has 104 valence electrons. The van der Waals surface area contributed by atoms with Crippen molar-refractivity contribution in [2.45, 2.75) is 25.8 Å². The summed E-state index contributed by atoms with van der Waals surface area (Å²) in [4.78, 5) is 0. The molecule has 3 heteroatoms. The van der Waals surface area contributed by atoms with Gasteiger partial charge in [-0.15, -0.1) is 0 Å². The van der Waals surface area contributed by atoms with Crippen molar-refractivity contribution in [1.82, 2.24) is 0 Å². The molecule has 0 aromatic heterocycles. The van der Waals surface area contributed by atoms with E-state index < -0.39 is 0 Å². The minimum absolute atomic E-state index is 0.169. The summed E-state index contributed by atoms with van der Waals surface area (Å²) < 4.78 is 6.92. The summed E-state index contributed by atoms with van der Waals surface area (Å²) in [6.07, 6.45) is 2.16. The van der Waals surface area contributed by atoms with Gasteiger partial charge in [0.25, 0.3) is 0 Å². The number of benzene rings is 2. The Labute approximate surface area is 128 Å². The predicted octanol–water partition coefficient (Wildman–Crippen LogP) is 4.13. The fourth-order valence-corrected chi connectivity index (χ4v) is 3.22. The van der Waals surface area contributed by atoms with Crippen molar-refractivity contribution >= 4 is 15.9 Å². The first-order valence-electron chi connectivity index (χ1n) is 6.93. The van der Waals surface area contributed by atoms with E-state index in [1.54, 1.807) is 0 Å². The van der Waals surface area contributed by atoms with Crippen LogP contribution < -0.4 is 10.5 Å². The fraction of sp³-hybridized carbons (Fsp3) is 0.294. The molecule has 1 unspecified atom stereocenters. The Kier molecular flexibility index (Phi) is 3.81. The maximum absolute atomic E-state index is 6.50. The number of halogens is 1. The van der Waals surface area contributed by atoms with Crippen molar-refractivity contribution in [3.63, 3.8) is 0 Å². The molecule has 2 aromatic carbocycles. The standard InChI is InChI=1S/C17H18BrNO/c1-11-7-8-15(18)14(10-11)16(19)13-6-2-4-12-5-3-9-20-17(12)13/h2,4,6-8,10,16H,3,5,9,19H2,1H3. The smallest absolute Gasteiger partial charge is 0.127 e. The Morgan fingerprint density at radius 3 is 2.90 bits per heavy atom. The van der Waals surface area contributed by atoms with Crippen LogP contribution in [0.2, 0.25) is 0 Å². The second kappa shape index (κ2) is 5.58. The van der Waals surface area contributed by atoms with Gasteiger partial charge in [0.05, 0.1) is 12.6 Å². The average Bonchev–Trinajstić information content (AvgIpc) is 2.48. The number of aryl methyl sites for hydroxylation is 2. The van der Waals surface area contributed by atoms with Gasteiger partial charge in [-0.2, -0.15) is 0 Å². The van der Waals surface area contributed by atoms with Gasteiger partial charge in [0.15, 0.2) is 0 Å². The topological polar surface area (TPSA) is 35.2 Å². The molecule has 3 rings (SSSR count). The molecule has 2 nitrogen and oxygen atoms in total. The van der Waals surface area contributed by atoms with E-state index in [0.717, 1.165) is 40.8 Å². The van der Waals surface area contributed by atoms with Crippen LogP contribution in [0.1, 0.15) is 34.7 Å². The van der Waals surface area contributed by atoms with Crippen LogP contribution in [0.25, 0.3) is 0 Å². The third-order valence-corrected chi connectivity index (χ3v) is 4.51. The molecule has 0 fully saturated rings. The van der Waals surface area contributed by atoms with Crippen LogP contribution in [0.5, 0.6) is 5.75 Å². The highest BCUT2D eigenvalue weighted by atomic mass is 79.9. The summed E-state index contributed by atoms with van der Waals surface area (Å²) in [7, 11) is 0. The van der Waals surface area contributed by atoms with E-state index in [-0.39, 0.29) is 6.04 Å². The number of fused-ring (bicyclic) bond motifs is 1. The highest BCUT2D eigenvalue weighted by Crippen LogP contribution is 2.36. The van der Waals surface area contributed by atoms with Crippen LogP contribution in [0.15, 0.2) is 40.9 Å². The normalized spacial score (nSPS) is 15.3. The second-order valence-electron chi connectivity index (χ2n) is 5.29. The highest BCUT2D eigenvalue weighted by molar-refractivity contribution is 9.10.